The number of hydrogen-bond acceptors (Lipinski definition) is 4. The number of aromatic nitrogens is 2. The summed E-state index contributed by atoms with van der Waals surface area (Å²) in [6.07, 6.45) is 1.20. The summed E-state index contributed by atoms with van der Waals surface area (Å²) in [6, 6.07) is 4.86. The second-order valence-electron chi connectivity index (χ2n) is 4.33. The molecule has 0 bridgehead atoms. The molecular weight excluding hydrogens is 298 g/mol. The number of thiophene rings is 1. The first-order valence-corrected chi connectivity index (χ1v) is 6.86. The zero-order valence-electron chi connectivity index (χ0n) is 10.5. The Labute approximate surface area is 121 Å². The number of hydrogen-bond donors (Lipinski definition) is 0. The van der Waals surface area contributed by atoms with E-state index in [9.17, 15) is 18.4 Å². The first-order chi connectivity index (χ1) is 10.1. The molecule has 0 radical (unpaired) electrons. The molecule has 0 spiro atoms. The van der Waals surface area contributed by atoms with E-state index in [4.69, 9.17) is 0 Å². The van der Waals surface area contributed by atoms with Crippen LogP contribution >= 0.6 is 11.3 Å². The van der Waals surface area contributed by atoms with Crippen molar-refractivity contribution in [1.82, 2.24) is 9.55 Å². The minimum Gasteiger partial charge on any atom is -0.292 e. The molecule has 106 valence electrons. The number of nitrogens with zero attached hydrogens (tertiary/aromatic N) is 2. The molecule has 2 aromatic heterocycles. The molecule has 0 fully saturated rings. The van der Waals surface area contributed by atoms with Gasteiger partial charge in [0.15, 0.2) is 5.78 Å². The Balaban J connectivity index is 2.00. The molecule has 0 aliphatic carbocycles. The SMILES string of the molecule is O=C(Cn1cnc2ccsc2c1=O)c1c(F)cccc1F. The van der Waals surface area contributed by atoms with Gasteiger partial charge in [0.2, 0.25) is 0 Å². The van der Waals surface area contributed by atoms with Gasteiger partial charge in [0, 0.05) is 0 Å². The van der Waals surface area contributed by atoms with Gasteiger partial charge in [-0.3, -0.25) is 14.2 Å². The summed E-state index contributed by atoms with van der Waals surface area (Å²) in [7, 11) is 0. The van der Waals surface area contributed by atoms with Crippen molar-refractivity contribution >= 4 is 27.3 Å². The number of fused-ring (bicyclic) bond motifs is 1. The molecule has 0 saturated heterocycles. The molecule has 7 heteroatoms. The second-order valence-corrected chi connectivity index (χ2v) is 5.25. The summed E-state index contributed by atoms with van der Waals surface area (Å²) < 4.78 is 28.5. The summed E-state index contributed by atoms with van der Waals surface area (Å²) in [5.41, 5.74) is -0.512. The summed E-state index contributed by atoms with van der Waals surface area (Å²) in [5, 5.41) is 1.71. The normalized spacial score (nSPS) is 11.0. The monoisotopic (exact) mass is 306 g/mol. The zero-order valence-corrected chi connectivity index (χ0v) is 11.4. The average Bonchev–Trinajstić information content (AvgIpc) is 2.91. The van der Waals surface area contributed by atoms with E-state index in [1.165, 1.54) is 23.7 Å². The molecule has 0 N–H and O–H groups in total. The Hall–Kier alpha value is -2.41. The predicted octanol–water partition coefficient (Wildman–Crippen LogP) is 2.62. The third-order valence-corrected chi connectivity index (χ3v) is 3.88. The van der Waals surface area contributed by atoms with E-state index >= 15 is 0 Å². The van der Waals surface area contributed by atoms with Crippen LogP contribution < -0.4 is 5.56 Å². The molecule has 2 heterocycles. The lowest BCUT2D eigenvalue weighted by molar-refractivity contribution is 0.0962. The molecule has 0 amide bonds. The fourth-order valence-electron chi connectivity index (χ4n) is 1.99. The number of Topliss-reactive ketones (excluding diaryl/α,β-unsaturated/α-hetero) is 1. The van der Waals surface area contributed by atoms with E-state index in [1.807, 2.05) is 0 Å². The van der Waals surface area contributed by atoms with Crippen molar-refractivity contribution in [2.75, 3.05) is 0 Å². The van der Waals surface area contributed by atoms with E-state index in [2.05, 4.69) is 4.98 Å². The van der Waals surface area contributed by atoms with Gasteiger partial charge in [0.25, 0.3) is 5.56 Å². The highest BCUT2D eigenvalue weighted by Gasteiger charge is 2.18. The lowest BCUT2D eigenvalue weighted by Gasteiger charge is -2.06. The fourth-order valence-corrected chi connectivity index (χ4v) is 2.78. The van der Waals surface area contributed by atoms with Crippen molar-refractivity contribution in [3.63, 3.8) is 0 Å². The smallest absolute Gasteiger partial charge is 0.271 e. The number of carbonyl (C=O) groups is 1. The molecule has 4 nitrogen and oxygen atoms in total. The highest BCUT2D eigenvalue weighted by Crippen LogP contribution is 2.15. The molecule has 0 saturated carbocycles. The van der Waals surface area contributed by atoms with E-state index in [0.29, 0.717) is 10.2 Å². The van der Waals surface area contributed by atoms with Crippen LogP contribution in [0.4, 0.5) is 8.78 Å². The van der Waals surface area contributed by atoms with E-state index in [1.54, 1.807) is 11.4 Å². The highest BCUT2D eigenvalue weighted by atomic mass is 32.1. The number of carbonyl (C=O) groups excluding carboxylic acids is 1. The maximum absolute atomic E-state index is 13.5. The Morgan fingerprint density at radius 3 is 2.67 bits per heavy atom. The lowest BCUT2D eigenvalue weighted by Crippen LogP contribution is -2.25. The second kappa shape index (κ2) is 5.17. The quantitative estimate of drug-likeness (QED) is 0.699. The van der Waals surface area contributed by atoms with Gasteiger partial charge in [0.05, 0.1) is 24.0 Å². The van der Waals surface area contributed by atoms with Crippen LogP contribution in [0.25, 0.3) is 10.2 Å². The van der Waals surface area contributed by atoms with Crippen molar-refractivity contribution in [3.05, 3.63) is 63.5 Å². The van der Waals surface area contributed by atoms with Crippen molar-refractivity contribution in [3.8, 4) is 0 Å². The number of rotatable bonds is 3. The minimum absolute atomic E-state index is 0.402. The van der Waals surface area contributed by atoms with Crippen LogP contribution in [0.15, 0.2) is 40.8 Å². The molecule has 0 atom stereocenters. The Morgan fingerprint density at radius 2 is 1.95 bits per heavy atom. The zero-order chi connectivity index (χ0) is 15.0. The Morgan fingerprint density at radius 1 is 1.24 bits per heavy atom. The predicted molar refractivity (Wildman–Crippen MR) is 74.6 cm³/mol. The number of ketones is 1. The van der Waals surface area contributed by atoms with Gasteiger partial charge in [-0.15, -0.1) is 11.3 Å². The molecule has 1 aromatic carbocycles. The number of halogens is 2. The van der Waals surface area contributed by atoms with Crippen molar-refractivity contribution < 1.29 is 13.6 Å². The van der Waals surface area contributed by atoms with Crippen molar-refractivity contribution in [2.45, 2.75) is 6.54 Å². The maximum atomic E-state index is 13.5. The van der Waals surface area contributed by atoms with Crippen molar-refractivity contribution in [1.29, 1.82) is 0 Å². The van der Waals surface area contributed by atoms with Gasteiger partial charge in [-0.1, -0.05) is 6.07 Å². The van der Waals surface area contributed by atoms with Gasteiger partial charge in [0.1, 0.15) is 16.3 Å². The maximum Gasteiger partial charge on any atom is 0.271 e. The standard InChI is InChI=1S/C14H8F2N2O2S/c15-8-2-1-3-9(16)12(8)11(19)6-18-7-17-10-4-5-21-13(10)14(18)20/h1-5,7H,6H2. The molecule has 21 heavy (non-hydrogen) atoms. The highest BCUT2D eigenvalue weighted by molar-refractivity contribution is 7.17. The average molecular weight is 306 g/mol. The summed E-state index contributed by atoms with van der Waals surface area (Å²) in [5.74, 6) is -2.71. The van der Waals surface area contributed by atoms with Gasteiger partial charge in [-0.25, -0.2) is 13.8 Å². The molecule has 0 aliphatic rings. The first kappa shape index (κ1) is 13.6. The summed E-state index contributed by atoms with van der Waals surface area (Å²) in [4.78, 5) is 28.2. The fraction of sp³-hybridized carbons (Fsp3) is 0.0714. The van der Waals surface area contributed by atoms with Crippen LogP contribution in [0, 0.1) is 11.6 Å². The van der Waals surface area contributed by atoms with Gasteiger partial charge >= 0.3 is 0 Å². The van der Waals surface area contributed by atoms with Crippen LogP contribution in [-0.4, -0.2) is 15.3 Å². The minimum atomic E-state index is -0.946. The number of benzene rings is 1. The van der Waals surface area contributed by atoms with Crippen molar-refractivity contribution in [2.24, 2.45) is 0 Å². The topological polar surface area (TPSA) is 52.0 Å². The third kappa shape index (κ3) is 2.36. The summed E-state index contributed by atoms with van der Waals surface area (Å²) >= 11 is 1.20. The van der Waals surface area contributed by atoms with Gasteiger partial charge in [-0.2, -0.15) is 0 Å². The first-order valence-electron chi connectivity index (χ1n) is 5.98. The van der Waals surface area contributed by atoms with Crippen LogP contribution in [0.5, 0.6) is 0 Å². The van der Waals surface area contributed by atoms with E-state index in [0.717, 1.165) is 16.7 Å². The molecule has 0 unspecified atom stereocenters. The summed E-state index contributed by atoms with van der Waals surface area (Å²) in [6.45, 7) is -0.461. The Kier molecular flexibility index (Phi) is 3.34. The lowest BCUT2D eigenvalue weighted by atomic mass is 10.1. The molecular formula is C14H8F2N2O2S. The molecule has 0 aliphatic heterocycles. The van der Waals surface area contributed by atoms with Crippen LogP contribution in [0.3, 0.4) is 0 Å². The third-order valence-electron chi connectivity index (χ3n) is 2.99. The van der Waals surface area contributed by atoms with Crippen LogP contribution in [0.1, 0.15) is 10.4 Å². The largest absolute Gasteiger partial charge is 0.292 e. The molecule has 3 aromatic rings. The van der Waals surface area contributed by atoms with Crippen LogP contribution in [-0.2, 0) is 6.54 Å². The molecule has 3 rings (SSSR count). The Bertz CT molecular complexity index is 881. The van der Waals surface area contributed by atoms with E-state index < -0.39 is 35.1 Å². The van der Waals surface area contributed by atoms with Gasteiger partial charge in [-0.05, 0) is 23.6 Å². The van der Waals surface area contributed by atoms with Gasteiger partial charge < -0.3 is 0 Å². The van der Waals surface area contributed by atoms with E-state index in [-0.39, 0.29) is 0 Å². The van der Waals surface area contributed by atoms with Crippen LogP contribution in [0.2, 0.25) is 0 Å².